The Balaban J connectivity index is 1.73. The molecule has 0 radical (unpaired) electrons. The monoisotopic (exact) mass is 376 g/mol. The number of nitrogens with zero attached hydrogens (tertiary/aromatic N) is 2. The lowest BCUT2D eigenvalue weighted by molar-refractivity contribution is 0.0995. The number of rotatable bonds is 8. The normalized spacial score (nSPS) is 13.6. The molecule has 1 fully saturated rings. The van der Waals surface area contributed by atoms with E-state index in [1.807, 2.05) is 30.3 Å². The maximum Gasteiger partial charge on any atom is 0.271 e. The zero-order valence-electron chi connectivity index (χ0n) is 15.9. The van der Waals surface area contributed by atoms with Gasteiger partial charge in [0, 0.05) is 19.0 Å². The number of methoxy groups -OCH3 is 1. The summed E-state index contributed by atoms with van der Waals surface area (Å²) in [6.07, 6.45) is 3.68. The van der Waals surface area contributed by atoms with Crippen LogP contribution in [0.15, 0.2) is 42.5 Å². The van der Waals surface area contributed by atoms with Gasteiger partial charge in [0.15, 0.2) is 5.69 Å². The highest BCUT2D eigenvalue weighted by Gasteiger charge is 2.21. The van der Waals surface area contributed by atoms with Crippen molar-refractivity contribution in [3.05, 3.63) is 53.7 Å². The fourth-order valence-electron chi connectivity index (χ4n) is 3.52. The number of anilines is 1. The molecule has 0 aliphatic heterocycles. The lowest BCUT2D eigenvalue weighted by Gasteiger charge is -2.14. The molecule has 0 spiro atoms. The van der Waals surface area contributed by atoms with Crippen LogP contribution in [0.1, 0.15) is 35.3 Å². The summed E-state index contributed by atoms with van der Waals surface area (Å²) in [6, 6.07) is 14.1. The lowest BCUT2D eigenvalue weighted by atomic mass is 9.98. The number of aromatic nitrogens is 2. The Bertz CT molecular complexity index is 1010. The van der Waals surface area contributed by atoms with Gasteiger partial charge in [0.25, 0.3) is 5.91 Å². The SMILES string of the molecule is COCc1ccccc1-c1ccc2c(NCCC3CC3)c(C(N)=O)nnc2c1. The van der Waals surface area contributed by atoms with Crippen molar-refractivity contribution < 1.29 is 9.53 Å². The number of hydrogen-bond donors (Lipinski definition) is 2. The molecule has 0 atom stereocenters. The Morgan fingerprint density at radius 1 is 1.21 bits per heavy atom. The standard InChI is InChI=1S/C22H24N4O2/c1-28-13-16-4-2-3-5-17(16)15-8-9-18-19(12-15)25-26-21(22(23)27)20(18)24-11-10-14-6-7-14/h2-5,8-9,12,14H,6-7,10-11,13H2,1H3,(H2,23,27)(H,24,25). The molecule has 1 saturated carbocycles. The molecule has 1 aromatic heterocycles. The zero-order chi connectivity index (χ0) is 19.5. The average Bonchev–Trinajstić information content (AvgIpc) is 3.52. The van der Waals surface area contributed by atoms with Gasteiger partial charge in [0.2, 0.25) is 0 Å². The maximum atomic E-state index is 11.8. The smallest absolute Gasteiger partial charge is 0.271 e. The van der Waals surface area contributed by atoms with E-state index in [4.69, 9.17) is 10.5 Å². The molecule has 4 rings (SSSR count). The second kappa shape index (κ2) is 7.94. The number of nitrogens with one attached hydrogen (secondary N) is 1. The van der Waals surface area contributed by atoms with Crippen molar-refractivity contribution in [2.75, 3.05) is 19.0 Å². The number of ether oxygens (including phenoxy) is 1. The number of carbonyl (C=O) groups excluding carboxylic acids is 1. The quantitative estimate of drug-likeness (QED) is 0.625. The average molecular weight is 376 g/mol. The van der Waals surface area contributed by atoms with Crippen LogP contribution >= 0.6 is 0 Å². The van der Waals surface area contributed by atoms with Gasteiger partial charge in [-0.2, -0.15) is 0 Å². The van der Waals surface area contributed by atoms with Gasteiger partial charge in [-0.05, 0) is 41.2 Å². The molecule has 3 aromatic rings. The minimum Gasteiger partial charge on any atom is -0.383 e. The first-order chi connectivity index (χ1) is 13.7. The maximum absolute atomic E-state index is 11.8. The van der Waals surface area contributed by atoms with Crippen LogP contribution in [0.5, 0.6) is 0 Å². The van der Waals surface area contributed by atoms with E-state index in [0.29, 0.717) is 12.3 Å². The highest BCUT2D eigenvalue weighted by molar-refractivity contribution is 6.05. The van der Waals surface area contributed by atoms with E-state index in [9.17, 15) is 4.79 Å². The molecule has 1 heterocycles. The van der Waals surface area contributed by atoms with Crippen LogP contribution in [0.25, 0.3) is 22.0 Å². The largest absolute Gasteiger partial charge is 0.383 e. The van der Waals surface area contributed by atoms with Crippen molar-refractivity contribution in [1.82, 2.24) is 10.2 Å². The van der Waals surface area contributed by atoms with Crippen LogP contribution in [0.3, 0.4) is 0 Å². The van der Waals surface area contributed by atoms with Crippen LogP contribution in [-0.4, -0.2) is 29.8 Å². The van der Waals surface area contributed by atoms with Gasteiger partial charge < -0.3 is 15.8 Å². The summed E-state index contributed by atoms with van der Waals surface area (Å²) in [6.45, 7) is 1.33. The summed E-state index contributed by atoms with van der Waals surface area (Å²) in [5.74, 6) is 0.229. The number of amides is 1. The van der Waals surface area contributed by atoms with Gasteiger partial charge in [-0.3, -0.25) is 4.79 Å². The predicted octanol–water partition coefficient (Wildman–Crippen LogP) is 3.75. The fourth-order valence-corrected chi connectivity index (χ4v) is 3.52. The van der Waals surface area contributed by atoms with E-state index >= 15 is 0 Å². The number of hydrogen-bond acceptors (Lipinski definition) is 5. The molecule has 1 aliphatic carbocycles. The van der Waals surface area contributed by atoms with Crippen LogP contribution < -0.4 is 11.1 Å². The Kier molecular flexibility index (Phi) is 5.21. The third-order valence-corrected chi connectivity index (χ3v) is 5.17. The summed E-state index contributed by atoms with van der Waals surface area (Å²) >= 11 is 0. The molecule has 3 N–H and O–H groups in total. The second-order valence-electron chi connectivity index (χ2n) is 7.27. The van der Waals surface area contributed by atoms with Gasteiger partial charge in [-0.15, -0.1) is 10.2 Å². The van der Waals surface area contributed by atoms with Crippen molar-refractivity contribution in [3.63, 3.8) is 0 Å². The molecule has 6 nitrogen and oxygen atoms in total. The lowest BCUT2D eigenvalue weighted by Crippen LogP contribution is -2.18. The second-order valence-corrected chi connectivity index (χ2v) is 7.27. The minimum absolute atomic E-state index is 0.191. The van der Waals surface area contributed by atoms with E-state index in [2.05, 4.69) is 27.6 Å². The third-order valence-electron chi connectivity index (χ3n) is 5.17. The van der Waals surface area contributed by atoms with Crippen molar-refractivity contribution >= 4 is 22.5 Å². The first kappa shape index (κ1) is 18.4. The van der Waals surface area contributed by atoms with Gasteiger partial charge in [-0.1, -0.05) is 43.2 Å². The van der Waals surface area contributed by atoms with E-state index in [1.54, 1.807) is 7.11 Å². The van der Waals surface area contributed by atoms with E-state index in [0.717, 1.165) is 46.5 Å². The summed E-state index contributed by atoms with van der Waals surface area (Å²) in [5, 5.41) is 12.6. The molecule has 1 amide bonds. The first-order valence-electron chi connectivity index (χ1n) is 9.58. The van der Waals surface area contributed by atoms with Crippen molar-refractivity contribution in [2.24, 2.45) is 11.7 Å². The fraction of sp³-hybridized carbons (Fsp3) is 0.318. The van der Waals surface area contributed by atoms with Crippen LogP contribution in [-0.2, 0) is 11.3 Å². The molecule has 1 aliphatic rings. The number of benzene rings is 2. The molecule has 2 aromatic carbocycles. The van der Waals surface area contributed by atoms with Gasteiger partial charge in [0.05, 0.1) is 17.8 Å². The Morgan fingerprint density at radius 3 is 2.79 bits per heavy atom. The summed E-state index contributed by atoms with van der Waals surface area (Å²) < 4.78 is 5.32. The Morgan fingerprint density at radius 2 is 2.04 bits per heavy atom. The van der Waals surface area contributed by atoms with Crippen molar-refractivity contribution in [1.29, 1.82) is 0 Å². The van der Waals surface area contributed by atoms with Crippen molar-refractivity contribution in [2.45, 2.75) is 25.9 Å². The molecular weight excluding hydrogens is 352 g/mol. The highest BCUT2D eigenvalue weighted by atomic mass is 16.5. The highest BCUT2D eigenvalue weighted by Crippen LogP contribution is 2.33. The van der Waals surface area contributed by atoms with E-state index < -0.39 is 5.91 Å². The van der Waals surface area contributed by atoms with Crippen LogP contribution in [0.2, 0.25) is 0 Å². The molecule has 0 unspecified atom stereocenters. The number of primary amides is 1. The summed E-state index contributed by atoms with van der Waals surface area (Å²) in [4.78, 5) is 11.8. The predicted molar refractivity (Wildman–Crippen MR) is 110 cm³/mol. The number of fused-ring (bicyclic) bond motifs is 1. The third kappa shape index (κ3) is 3.82. The molecule has 6 heteroatoms. The van der Waals surface area contributed by atoms with E-state index in [1.165, 1.54) is 12.8 Å². The van der Waals surface area contributed by atoms with E-state index in [-0.39, 0.29) is 5.69 Å². The van der Waals surface area contributed by atoms with Gasteiger partial charge in [0.1, 0.15) is 0 Å². The molecule has 0 saturated heterocycles. The number of nitrogens with two attached hydrogens (primary N) is 1. The summed E-state index contributed by atoms with van der Waals surface area (Å²) in [5.41, 5.74) is 10.4. The van der Waals surface area contributed by atoms with Crippen molar-refractivity contribution in [3.8, 4) is 11.1 Å². The van der Waals surface area contributed by atoms with Gasteiger partial charge >= 0.3 is 0 Å². The topological polar surface area (TPSA) is 90.1 Å². The van der Waals surface area contributed by atoms with Crippen LogP contribution in [0, 0.1) is 5.92 Å². The first-order valence-corrected chi connectivity index (χ1v) is 9.58. The Labute approximate surface area is 164 Å². The Hall–Kier alpha value is -2.99. The zero-order valence-corrected chi connectivity index (χ0v) is 15.9. The molecule has 28 heavy (non-hydrogen) atoms. The molecule has 0 bridgehead atoms. The molecule has 144 valence electrons. The molecular formula is C22H24N4O2. The minimum atomic E-state index is -0.571. The van der Waals surface area contributed by atoms with Gasteiger partial charge in [-0.25, -0.2) is 0 Å². The summed E-state index contributed by atoms with van der Waals surface area (Å²) in [7, 11) is 1.69. The van der Waals surface area contributed by atoms with Crippen LogP contribution in [0.4, 0.5) is 5.69 Å². The number of carbonyl (C=O) groups is 1.